The minimum absolute atomic E-state index is 0.109. The highest BCUT2D eigenvalue weighted by Crippen LogP contribution is 2.30. The zero-order valence-corrected chi connectivity index (χ0v) is 12.1. The van der Waals surface area contributed by atoms with Crippen molar-refractivity contribution < 1.29 is 4.79 Å². The Balaban J connectivity index is 2.22. The highest BCUT2D eigenvalue weighted by molar-refractivity contribution is 9.10. The van der Waals surface area contributed by atoms with Gasteiger partial charge in [-0.15, -0.1) is 0 Å². The van der Waals surface area contributed by atoms with E-state index in [1.54, 1.807) is 18.2 Å². The topological polar surface area (TPSA) is 20.3 Å². The van der Waals surface area contributed by atoms with Gasteiger partial charge < -0.3 is 4.90 Å². The number of benzene rings is 1. The van der Waals surface area contributed by atoms with Crippen molar-refractivity contribution >= 4 is 33.4 Å². The van der Waals surface area contributed by atoms with E-state index in [4.69, 9.17) is 11.6 Å². The maximum Gasteiger partial charge on any atom is 0.255 e. The third-order valence-corrected chi connectivity index (χ3v) is 3.77. The number of halogens is 2. The molecule has 2 nitrogen and oxygen atoms in total. The maximum atomic E-state index is 12.4. The largest absolute Gasteiger partial charge is 0.336 e. The molecule has 1 fully saturated rings. The lowest BCUT2D eigenvalue weighted by atomic mass is 10.2. The van der Waals surface area contributed by atoms with Crippen LogP contribution in [0.5, 0.6) is 0 Å². The normalized spacial score (nSPS) is 14.8. The number of hydrogen-bond acceptors (Lipinski definition) is 1. The average Bonchev–Trinajstić information content (AvgIpc) is 3.09. The second-order valence-electron chi connectivity index (χ2n) is 4.35. The van der Waals surface area contributed by atoms with Crippen molar-refractivity contribution in [2.45, 2.75) is 32.2 Å². The van der Waals surface area contributed by atoms with Gasteiger partial charge in [0.05, 0.1) is 5.56 Å². The predicted octanol–water partition coefficient (Wildman–Crippen LogP) is 4.12. The van der Waals surface area contributed by atoms with Crippen molar-refractivity contribution in [1.82, 2.24) is 4.90 Å². The first-order chi connectivity index (χ1) is 8.13. The van der Waals surface area contributed by atoms with E-state index in [0.717, 1.165) is 30.3 Å². The van der Waals surface area contributed by atoms with Crippen LogP contribution in [0.25, 0.3) is 0 Å². The van der Waals surface area contributed by atoms with Crippen molar-refractivity contribution in [1.29, 1.82) is 0 Å². The van der Waals surface area contributed by atoms with Gasteiger partial charge in [-0.2, -0.15) is 0 Å². The number of nitrogens with zero attached hydrogens (tertiary/aromatic N) is 1. The van der Waals surface area contributed by atoms with Crippen LogP contribution >= 0.6 is 27.5 Å². The summed E-state index contributed by atoms with van der Waals surface area (Å²) >= 11 is 9.29. The van der Waals surface area contributed by atoms with Gasteiger partial charge >= 0.3 is 0 Å². The van der Waals surface area contributed by atoms with Crippen molar-refractivity contribution in [3.63, 3.8) is 0 Å². The van der Waals surface area contributed by atoms with Crippen LogP contribution in [0.4, 0.5) is 0 Å². The van der Waals surface area contributed by atoms with E-state index in [1.807, 2.05) is 4.90 Å². The summed E-state index contributed by atoms with van der Waals surface area (Å²) in [6, 6.07) is 5.77. The Morgan fingerprint density at radius 3 is 2.76 bits per heavy atom. The Hall–Kier alpha value is -0.540. The lowest BCUT2D eigenvalue weighted by Crippen LogP contribution is -2.34. The van der Waals surface area contributed by atoms with Gasteiger partial charge in [-0.1, -0.05) is 18.5 Å². The average molecular weight is 317 g/mol. The molecule has 0 saturated heterocycles. The van der Waals surface area contributed by atoms with E-state index in [-0.39, 0.29) is 5.91 Å². The highest BCUT2D eigenvalue weighted by Gasteiger charge is 2.32. The Morgan fingerprint density at radius 2 is 2.24 bits per heavy atom. The van der Waals surface area contributed by atoms with Gasteiger partial charge in [0, 0.05) is 22.1 Å². The third kappa shape index (κ3) is 3.02. The number of carbonyl (C=O) groups excluding carboxylic acids is 1. The molecule has 1 saturated carbocycles. The number of rotatable bonds is 4. The molecule has 4 heteroatoms. The zero-order chi connectivity index (χ0) is 12.4. The Labute approximate surface area is 115 Å². The first kappa shape index (κ1) is 12.9. The molecule has 0 atom stereocenters. The summed E-state index contributed by atoms with van der Waals surface area (Å²) in [7, 11) is 0. The van der Waals surface area contributed by atoms with E-state index in [1.165, 1.54) is 0 Å². The molecule has 1 aliphatic rings. The van der Waals surface area contributed by atoms with Crippen LogP contribution in [0, 0.1) is 0 Å². The van der Waals surface area contributed by atoms with Crippen molar-refractivity contribution in [2.24, 2.45) is 0 Å². The highest BCUT2D eigenvalue weighted by atomic mass is 79.9. The zero-order valence-electron chi connectivity index (χ0n) is 9.75. The van der Waals surface area contributed by atoms with Crippen LogP contribution in [0.2, 0.25) is 5.02 Å². The standard InChI is InChI=1S/C13H15BrClNO/c1-2-7-16(10-4-5-10)13(17)11-6-3-9(15)8-12(11)14/h3,6,8,10H,2,4-5,7H2,1H3. The molecule has 1 aromatic rings. The molecule has 1 aliphatic carbocycles. The van der Waals surface area contributed by atoms with Crippen LogP contribution in [0.1, 0.15) is 36.5 Å². The second kappa shape index (κ2) is 5.40. The third-order valence-electron chi connectivity index (χ3n) is 2.87. The Bertz CT molecular complexity index is 431. The molecule has 0 N–H and O–H groups in total. The minimum Gasteiger partial charge on any atom is -0.336 e. The first-order valence-corrected chi connectivity index (χ1v) is 7.06. The first-order valence-electron chi connectivity index (χ1n) is 5.89. The summed E-state index contributed by atoms with van der Waals surface area (Å²) in [5.74, 6) is 0.109. The monoisotopic (exact) mass is 315 g/mol. The van der Waals surface area contributed by atoms with Gasteiger partial charge in [0.25, 0.3) is 5.91 Å². The van der Waals surface area contributed by atoms with Gasteiger partial charge in [-0.3, -0.25) is 4.79 Å². The SMILES string of the molecule is CCCN(C(=O)c1ccc(Cl)cc1Br)C1CC1. The Kier molecular flexibility index (Phi) is 4.10. The molecule has 92 valence electrons. The van der Waals surface area contributed by atoms with Crippen LogP contribution in [0.15, 0.2) is 22.7 Å². The molecular weight excluding hydrogens is 302 g/mol. The molecule has 0 aromatic heterocycles. The van der Waals surface area contributed by atoms with Crippen LogP contribution in [-0.4, -0.2) is 23.4 Å². The van der Waals surface area contributed by atoms with E-state index < -0.39 is 0 Å². The molecule has 0 spiro atoms. The quantitative estimate of drug-likeness (QED) is 0.818. The molecule has 0 aliphatic heterocycles. The minimum atomic E-state index is 0.109. The van der Waals surface area contributed by atoms with Crippen molar-refractivity contribution in [3.05, 3.63) is 33.3 Å². The van der Waals surface area contributed by atoms with E-state index in [2.05, 4.69) is 22.9 Å². The van der Waals surface area contributed by atoms with Crippen LogP contribution in [-0.2, 0) is 0 Å². The maximum absolute atomic E-state index is 12.4. The Morgan fingerprint density at radius 1 is 1.53 bits per heavy atom. The lowest BCUT2D eigenvalue weighted by Gasteiger charge is -2.22. The van der Waals surface area contributed by atoms with E-state index in [0.29, 0.717) is 16.6 Å². The molecule has 1 amide bonds. The fourth-order valence-corrected chi connectivity index (χ4v) is 2.75. The summed E-state index contributed by atoms with van der Waals surface area (Å²) in [6.45, 7) is 2.93. The molecule has 0 radical (unpaired) electrons. The number of amides is 1. The van der Waals surface area contributed by atoms with Gasteiger partial charge in [0.1, 0.15) is 0 Å². The summed E-state index contributed by atoms with van der Waals surface area (Å²) in [5, 5.41) is 0.641. The van der Waals surface area contributed by atoms with E-state index >= 15 is 0 Å². The molecule has 2 rings (SSSR count). The van der Waals surface area contributed by atoms with Gasteiger partial charge in [-0.05, 0) is 53.4 Å². The van der Waals surface area contributed by atoms with Crippen LogP contribution < -0.4 is 0 Å². The van der Waals surface area contributed by atoms with E-state index in [9.17, 15) is 4.79 Å². The smallest absolute Gasteiger partial charge is 0.255 e. The lowest BCUT2D eigenvalue weighted by molar-refractivity contribution is 0.0742. The molecule has 0 heterocycles. The van der Waals surface area contributed by atoms with Gasteiger partial charge in [0.2, 0.25) is 0 Å². The predicted molar refractivity (Wildman–Crippen MR) is 73.5 cm³/mol. The molecule has 0 unspecified atom stereocenters. The van der Waals surface area contributed by atoms with Crippen molar-refractivity contribution in [3.8, 4) is 0 Å². The van der Waals surface area contributed by atoms with Crippen LogP contribution in [0.3, 0.4) is 0 Å². The second-order valence-corrected chi connectivity index (χ2v) is 5.64. The fraction of sp³-hybridized carbons (Fsp3) is 0.462. The molecule has 0 bridgehead atoms. The van der Waals surface area contributed by atoms with Crippen molar-refractivity contribution in [2.75, 3.05) is 6.54 Å². The summed E-state index contributed by atoms with van der Waals surface area (Å²) < 4.78 is 0.775. The molecule has 1 aromatic carbocycles. The summed E-state index contributed by atoms with van der Waals surface area (Å²) in [4.78, 5) is 14.4. The van der Waals surface area contributed by atoms with Gasteiger partial charge in [-0.25, -0.2) is 0 Å². The number of carbonyl (C=O) groups is 1. The van der Waals surface area contributed by atoms with Gasteiger partial charge in [0.15, 0.2) is 0 Å². The molecule has 17 heavy (non-hydrogen) atoms. The number of hydrogen-bond donors (Lipinski definition) is 0. The fourth-order valence-electron chi connectivity index (χ4n) is 1.89. The summed E-state index contributed by atoms with van der Waals surface area (Å²) in [5.41, 5.74) is 0.703. The summed E-state index contributed by atoms with van der Waals surface area (Å²) in [6.07, 6.45) is 3.27. The molecular formula is C13H15BrClNO.